The third-order valence-corrected chi connectivity index (χ3v) is 8.32. The zero-order chi connectivity index (χ0) is 19.4. The first-order valence-electron chi connectivity index (χ1n) is 10.0. The molecule has 3 heteroatoms. The predicted octanol–water partition coefficient (Wildman–Crippen LogP) is 6.74. The molecule has 0 N–H and O–H groups in total. The fraction of sp³-hybridized carbons (Fsp3) is 0.417. The van der Waals surface area contributed by atoms with E-state index < -0.39 is 7.37 Å². The molecule has 2 aromatic rings. The minimum atomic E-state index is -3.25. The van der Waals surface area contributed by atoms with Gasteiger partial charge in [-0.1, -0.05) is 82.3 Å². The highest BCUT2D eigenvalue weighted by molar-refractivity contribution is 7.76. The molecule has 144 valence electrons. The Labute approximate surface area is 164 Å². The summed E-state index contributed by atoms with van der Waals surface area (Å²) in [5, 5.41) is 1.33. The van der Waals surface area contributed by atoms with Crippen molar-refractivity contribution in [1.82, 2.24) is 0 Å². The molecule has 0 spiro atoms. The van der Waals surface area contributed by atoms with Crippen LogP contribution in [0.2, 0.25) is 0 Å². The topological polar surface area (TPSA) is 26.3 Å². The van der Waals surface area contributed by atoms with E-state index >= 15 is 0 Å². The van der Waals surface area contributed by atoms with Crippen LogP contribution < -0.4 is 5.30 Å². The lowest BCUT2D eigenvalue weighted by atomic mass is 9.75. The van der Waals surface area contributed by atoms with Gasteiger partial charge in [-0.15, -0.1) is 0 Å². The maximum Gasteiger partial charge on any atom is 0.261 e. The van der Waals surface area contributed by atoms with Gasteiger partial charge < -0.3 is 4.52 Å². The highest BCUT2D eigenvalue weighted by Crippen LogP contribution is 2.60. The molecule has 1 saturated carbocycles. The van der Waals surface area contributed by atoms with E-state index in [2.05, 4.69) is 27.4 Å². The number of rotatable bonds is 6. The van der Waals surface area contributed by atoms with Gasteiger partial charge in [0, 0.05) is 10.6 Å². The van der Waals surface area contributed by atoms with Crippen LogP contribution in [0, 0.1) is 17.8 Å². The van der Waals surface area contributed by atoms with Crippen molar-refractivity contribution in [2.45, 2.75) is 46.1 Å². The van der Waals surface area contributed by atoms with Crippen molar-refractivity contribution < 1.29 is 9.09 Å². The van der Waals surface area contributed by atoms with Gasteiger partial charge in [-0.05, 0) is 48.3 Å². The van der Waals surface area contributed by atoms with Gasteiger partial charge in [0.25, 0.3) is 7.37 Å². The Balaban J connectivity index is 2.00. The summed E-state index contributed by atoms with van der Waals surface area (Å²) in [6, 6.07) is 19.4. The van der Waals surface area contributed by atoms with Crippen LogP contribution in [0.25, 0.3) is 5.31 Å². The Morgan fingerprint density at radius 1 is 1.04 bits per heavy atom. The smallest absolute Gasteiger partial charge is 0.261 e. The monoisotopic (exact) mass is 382 g/mol. The van der Waals surface area contributed by atoms with E-state index in [1.807, 2.05) is 60.7 Å². The second-order valence-electron chi connectivity index (χ2n) is 8.17. The molecule has 27 heavy (non-hydrogen) atoms. The van der Waals surface area contributed by atoms with E-state index in [-0.39, 0.29) is 6.10 Å². The van der Waals surface area contributed by atoms with Crippen LogP contribution in [0.4, 0.5) is 0 Å². The van der Waals surface area contributed by atoms with Crippen molar-refractivity contribution in [3.05, 3.63) is 72.8 Å². The minimum Gasteiger partial charge on any atom is -0.318 e. The Morgan fingerprint density at radius 3 is 2.22 bits per heavy atom. The summed E-state index contributed by atoms with van der Waals surface area (Å²) in [5.41, 5.74) is 0.884. The van der Waals surface area contributed by atoms with E-state index in [1.54, 1.807) is 0 Å². The Hall–Kier alpha value is -1.63. The van der Waals surface area contributed by atoms with Crippen LogP contribution in [-0.4, -0.2) is 6.10 Å². The molecule has 0 radical (unpaired) electrons. The molecule has 0 bridgehead atoms. The molecule has 1 aliphatic carbocycles. The second kappa shape index (κ2) is 8.59. The van der Waals surface area contributed by atoms with Gasteiger partial charge in [0.2, 0.25) is 0 Å². The molecule has 0 amide bonds. The lowest BCUT2D eigenvalue weighted by Crippen LogP contribution is -2.34. The SMILES string of the molecule is C=C(c1ccccc1)P(=O)(O[C@@H]1C[C@H](C)CC[C@H]1C(C)C)c1ccccc1. The Kier molecular flexibility index (Phi) is 6.40. The summed E-state index contributed by atoms with van der Waals surface area (Å²) in [6.07, 6.45) is 3.32. The standard InChI is InChI=1S/C24H31O2P/c1-18(2)23-16-15-19(3)17-24(23)26-27(25,22-13-9-6-10-14-22)20(4)21-11-7-5-8-12-21/h5-14,18-19,23-24H,4,15-17H2,1-3H3/t19-,23+,24-,27?/m1/s1. The first kappa shape index (κ1) is 20.1. The van der Waals surface area contributed by atoms with Gasteiger partial charge in [-0.3, -0.25) is 4.57 Å². The van der Waals surface area contributed by atoms with Gasteiger partial charge >= 0.3 is 0 Å². The second-order valence-corrected chi connectivity index (χ2v) is 10.5. The van der Waals surface area contributed by atoms with E-state index in [9.17, 15) is 4.57 Å². The van der Waals surface area contributed by atoms with Crippen LogP contribution in [0.15, 0.2) is 67.2 Å². The maximum absolute atomic E-state index is 14.3. The van der Waals surface area contributed by atoms with Gasteiger partial charge in [0.1, 0.15) is 0 Å². The molecule has 0 aromatic heterocycles. The van der Waals surface area contributed by atoms with Crippen molar-refractivity contribution in [2.24, 2.45) is 17.8 Å². The molecular weight excluding hydrogens is 351 g/mol. The van der Waals surface area contributed by atoms with E-state index in [4.69, 9.17) is 4.52 Å². The molecule has 3 rings (SSSR count). The van der Waals surface area contributed by atoms with Gasteiger partial charge in [-0.25, -0.2) is 0 Å². The normalized spacial score (nSPS) is 25.1. The van der Waals surface area contributed by atoms with Crippen molar-refractivity contribution in [1.29, 1.82) is 0 Å². The van der Waals surface area contributed by atoms with Crippen molar-refractivity contribution in [3.63, 3.8) is 0 Å². The number of hydrogen-bond acceptors (Lipinski definition) is 2. The van der Waals surface area contributed by atoms with Crippen LogP contribution in [0.1, 0.15) is 45.6 Å². The predicted molar refractivity (Wildman–Crippen MR) is 115 cm³/mol. The Morgan fingerprint density at radius 2 is 1.63 bits per heavy atom. The summed E-state index contributed by atoms with van der Waals surface area (Å²) < 4.78 is 20.9. The summed E-state index contributed by atoms with van der Waals surface area (Å²) in [5.74, 6) is 1.54. The summed E-state index contributed by atoms with van der Waals surface area (Å²) >= 11 is 0. The van der Waals surface area contributed by atoms with Crippen LogP contribution in [0.3, 0.4) is 0 Å². The van der Waals surface area contributed by atoms with Gasteiger partial charge in [-0.2, -0.15) is 0 Å². The lowest BCUT2D eigenvalue weighted by molar-refractivity contribution is 0.0516. The van der Waals surface area contributed by atoms with Gasteiger partial charge in [0.15, 0.2) is 0 Å². The zero-order valence-corrected chi connectivity index (χ0v) is 17.6. The van der Waals surface area contributed by atoms with Crippen LogP contribution in [0.5, 0.6) is 0 Å². The van der Waals surface area contributed by atoms with E-state index in [0.29, 0.717) is 23.1 Å². The van der Waals surface area contributed by atoms with Crippen molar-refractivity contribution >= 4 is 18.0 Å². The fourth-order valence-electron chi connectivity index (χ4n) is 4.13. The molecule has 2 aromatic carbocycles. The third kappa shape index (κ3) is 4.45. The largest absolute Gasteiger partial charge is 0.318 e. The zero-order valence-electron chi connectivity index (χ0n) is 16.7. The molecule has 1 fully saturated rings. The van der Waals surface area contributed by atoms with Crippen LogP contribution in [-0.2, 0) is 9.09 Å². The number of benzene rings is 2. The van der Waals surface area contributed by atoms with Crippen LogP contribution >= 0.6 is 7.37 Å². The average Bonchev–Trinajstić information content (AvgIpc) is 2.68. The van der Waals surface area contributed by atoms with E-state index in [0.717, 1.165) is 23.7 Å². The van der Waals surface area contributed by atoms with Gasteiger partial charge in [0.05, 0.1) is 6.10 Å². The highest BCUT2D eigenvalue weighted by atomic mass is 31.2. The molecule has 4 atom stereocenters. The quantitative estimate of drug-likeness (QED) is 0.517. The van der Waals surface area contributed by atoms with Crippen molar-refractivity contribution in [3.8, 4) is 0 Å². The third-order valence-electron chi connectivity index (χ3n) is 5.80. The average molecular weight is 382 g/mol. The highest BCUT2D eigenvalue weighted by Gasteiger charge is 2.39. The maximum atomic E-state index is 14.3. The first-order chi connectivity index (χ1) is 12.9. The van der Waals surface area contributed by atoms with E-state index in [1.165, 1.54) is 6.42 Å². The number of hydrogen-bond donors (Lipinski definition) is 0. The molecular formula is C24H31O2P. The molecule has 0 heterocycles. The fourth-order valence-corrected chi connectivity index (χ4v) is 6.37. The minimum absolute atomic E-state index is 0.000233. The molecule has 0 aliphatic heterocycles. The molecule has 0 saturated heterocycles. The molecule has 1 unspecified atom stereocenters. The summed E-state index contributed by atoms with van der Waals surface area (Å²) in [6.45, 7) is 11.0. The first-order valence-corrected chi connectivity index (χ1v) is 11.6. The molecule has 2 nitrogen and oxygen atoms in total. The lowest BCUT2D eigenvalue weighted by Gasteiger charge is -2.39. The Bertz CT molecular complexity index is 798. The summed E-state index contributed by atoms with van der Waals surface area (Å²) in [4.78, 5) is 0. The molecule has 1 aliphatic rings. The summed E-state index contributed by atoms with van der Waals surface area (Å²) in [7, 11) is -3.25. The van der Waals surface area contributed by atoms with Crippen molar-refractivity contribution in [2.75, 3.05) is 0 Å².